The minimum Gasteiger partial charge on any atom is -0.139 e. The molecule has 0 aliphatic rings. The molecule has 0 unspecified atom stereocenters. The Kier molecular flexibility index (Phi) is 12.8. The highest BCUT2D eigenvalue weighted by molar-refractivity contribution is 6.99. The molecule has 0 bridgehead atoms. The van der Waals surface area contributed by atoms with Gasteiger partial charge in [-0.25, -0.2) is 0 Å². The van der Waals surface area contributed by atoms with Gasteiger partial charge >= 0.3 is 6.71 Å². The molecule has 0 aliphatic carbocycles. The maximum Gasteiger partial charge on any atom is 0.393 e. The van der Waals surface area contributed by atoms with Crippen molar-refractivity contribution in [3.05, 3.63) is 0 Å². The maximum atomic E-state index is 4.17. The van der Waals surface area contributed by atoms with Crippen LogP contribution in [0.5, 0.6) is 0 Å². The lowest BCUT2D eigenvalue weighted by Gasteiger charge is -2.56. The third-order valence-electron chi connectivity index (χ3n) is 11.3. The molecular weight excluding hydrogens is 600 g/mol. The van der Waals surface area contributed by atoms with Crippen LogP contribution in [-0.2, 0) is 0 Å². The highest BCUT2D eigenvalue weighted by atomic mass is 28.3. The maximum absolute atomic E-state index is 4.17. The summed E-state index contributed by atoms with van der Waals surface area (Å²) in [5, 5.41) is 0.780. The van der Waals surface area contributed by atoms with Crippen molar-refractivity contribution in [3.8, 4) is 34.1 Å². The van der Waals surface area contributed by atoms with E-state index in [1.807, 2.05) is 0 Å². The first-order valence-electron chi connectivity index (χ1n) is 18.1. The van der Waals surface area contributed by atoms with E-state index in [1.165, 1.54) is 0 Å². The van der Waals surface area contributed by atoms with Crippen molar-refractivity contribution >= 4 is 30.9 Å². The van der Waals surface area contributed by atoms with Gasteiger partial charge in [0, 0.05) is 0 Å². The van der Waals surface area contributed by atoms with Gasteiger partial charge in [-0.2, -0.15) is 0 Å². The summed E-state index contributed by atoms with van der Waals surface area (Å²) < 4.78 is 0. The quantitative estimate of drug-likeness (QED) is 0.176. The molecule has 0 aliphatic heterocycles. The van der Waals surface area contributed by atoms with Gasteiger partial charge < -0.3 is 0 Å². The first kappa shape index (κ1) is 45.4. The molecule has 0 saturated carbocycles. The lowest BCUT2D eigenvalue weighted by molar-refractivity contribution is 0.548. The molecule has 0 atom stereocenters. The smallest absolute Gasteiger partial charge is 0.139 e. The number of rotatable bonds is 0. The molecule has 0 aromatic carbocycles. The van der Waals surface area contributed by atoms with Crippen LogP contribution >= 0.6 is 0 Å². The van der Waals surface area contributed by atoms with Crippen molar-refractivity contribution in [1.29, 1.82) is 0 Å². The third kappa shape index (κ3) is 8.06. The van der Waals surface area contributed by atoms with E-state index in [4.69, 9.17) is 0 Å². The van der Waals surface area contributed by atoms with Crippen LogP contribution in [0.4, 0.5) is 0 Å². The SMILES string of the molecule is CC(C)(C)[Si](C#CB(C#C[Si](C(C)(C)C)(C(C)(C)C)C(C)(C)C)C#C[Si](C(C)(C)C)(C(C)(C)C)C(C)(C)C)(C(C)(C)C)C(C)(C)C. The van der Waals surface area contributed by atoms with Gasteiger partial charge in [0.15, 0.2) is 24.2 Å². The van der Waals surface area contributed by atoms with Gasteiger partial charge in [0.2, 0.25) is 0 Å². The zero-order valence-corrected chi connectivity index (χ0v) is 39.6. The van der Waals surface area contributed by atoms with Crippen LogP contribution in [0.25, 0.3) is 0 Å². The lowest BCUT2D eigenvalue weighted by atomic mass is 9.53. The normalized spacial score (nSPS) is 15.2. The van der Waals surface area contributed by atoms with E-state index in [9.17, 15) is 0 Å². The van der Waals surface area contributed by atoms with Gasteiger partial charge in [-0.3, -0.25) is 0 Å². The minimum atomic E-state index is -2.31. The van der Waals surface area contributed by atoms with Gasteiger partial charge in [0.1, 0.15) is 0 Å². The van der Waals surface area contributed by atoms with Crippen LogP contribution in [0.2, 0.25) is 45.3 Å². The van der Waals surface area contributed by atoms with Crippen molar-refractivity contribution in [2.45, 2.75) is 232 Å². The zero-order chi connectivity index (χ0) is 37.8. The summed E-state index contributed by atoms with van der Waals surface area (Å²) in [7, 11) is -6.92. The molecule has 0 amide bonds. The summed E-state index contributed by atoms with van der Waals surface area (Å²) in [5.74, 6) is 11.8. The van der Waals surface area contributed by atoms with E-state index < -0.39 is 24.2 Å². The van der Waals surface area contributed by atoms with Crippen LogP contribution in [0.3, 0.4) is 0 Å². The van der Waals surface area contributed by atoms with E-state index in [-0.39, 0.29) is 52.1 Å². The van der Waals surface area contributed by atoms with Gasteiger partial charge in [0.25, 0.3) is 0 Å². The molecule has 0 aromatic rings. The predicted octanol–water partition coefficient (Wildman–Crippen LogP) is 14.3. The second-order valence-electron chi connectivity index (χ2n) is 23.7. The molecule has 46 heavy (non-hydrogen) atoms. The molecule has 4 heteroatoms. The molecule has 0 fully saturated rings. The summed E-state index contributed by atoms with van der Waals surface area (Å²) in [5.41, 5.74) is 12.5. The molecular formula is C42H81BSi3. The topological polar surface area (TPSA) is 0 Å². The Labute approximate surface area is 296 Å². The zero-order valence-electron chi connectivity index (χ0n) is 36.6. The van der Waals surface area contributed by atoms with Gasteiger partial charge in [-0.15, -0.1) is 34.1 Å². The fourth-order valence-electron chi connectivity index (χ4n) is 12.5. The van der Waals surface area contributed by atoms with Crippen molar-refractivity contribution in [2.75, 3.05) is 0 Å². The van der Waals surface area contributed by atoms with Gasteiger partial charge in [0.05, 0.1) is 0 Å². The Morgan fingerprint density at radius 1 is 0.239 bits per heavy atom. The van der Waals surface area contributed by atoms with Crippen LogP contribution in [0, 0.1) is 34.1 Å². The molecule has 0 spiro atoms. The molecule has 0 saturated heterocycles. The van der Waals surface area contributed by atoms with E-state index in [1.54, 1.807) is 0 Å². The standard InChI is InChI=1S/C42H81BSi3/c1-34(2,3)44(35(4,5)6,36(7,8)9)31-28-43(29-32-45(37(10,11)12,38(13,14)15)39(16,17)18)30-33-46(40(19,20)21,41(22,23)24)42(25,26)27/h1-27H3. The van der Waals surface area contributed by atoms with Crippen molar-refractivity contribution in [1.82, 2.24) is 0 Å². The highest BCUT2D eigenvalue weighted by Crippen LogP contribution is 2.64. The van der Waals surface area contributed by atoms with E-state index >= 15 is 0 Å². The van der Waals surface area contributed by atoms with Gasteiger partial charge in [-0.1, -0.05) is 187 Å². The second kappa shape index (κ2) is 12.9. The third-order valence-corrected chi connectivity index (χ3v) is 33.1. The molecule has 0 rings (SSSR count). The predicted molar refractivity (Wildman–Crippen MR) is 224 cm³/mol. The molecule has 0 aromatic heterocycles. The Balaban J connectivity index is 8.72. The minimum absolute atomic E-state index is 0.0867. The van der Waals surface area contributed by atoms with E-state index in [0.29, 0.717) is 0 Å². The summed E-state index contributed by atoms with van der Waals surface area (Å²) in [6.07, 6.45) is 0. The average Bonchev–Trinajstić information content (AvgIpc) is 2.64. The molecule has 264 valence electrons. The fraction of sp³-hybridized carbons (Fsp3) is 0.857. The molecule has 0 nitrogen and oxygen atoms in total. The van der Waals surface area contributed by atoms with Crippen LogP contribution in [0.15, 0.2) is 0 Å². The average molecular weight is 681 g/mol. The monoisotopic (exact) mass is 681 g/mol. The van der Waals surface area contributed by atoms with Crippen molar-refractivity contribution in [2.24, 2.45) is 0 Å². The Morgan fingerprint density at radius 2 is 0.348 bits per heavy atom. The first-order chi connectivity index (χ1) is 19.5. The summed E-state index contributed by atoms with van der Waals surface area (Å²) in [6.45, 7) is 65.5. The largest absolute Gasteiger partial charge is 0.393 e. The summed E-state index contributed by atoms with van der Waals surface area (Å²) in [6, 6.07) is 0. The fourth-order valence-corrected chi connectivity index (χ4v) is 37.2. The van der Waals surface area contributed by atoms with E-state index in [0.717, 1.165) is 0 Å². The lowest BCUT2D eigenvalue weighted by Crippen LogP contribution is -2.58. The summed E-state index contributed by atoms with van der Waals surface area (Å²) >= 11 is 0. The summed E-state index contributed by atoms with van der Waals surface area (Å²) in [4.78, 5) is 0. The van der Waals surface area contributed by atoms with E-state index in [2.05, 4.69) is 221 Å². The number of hydrogen-bond donors (Lipinski definition) is 0. The van der Waals surface area contributed by atoms with Crippen LogP contribution in [-0.4, -0.2) is 30.9 Å². The van der Waals surface area contributed by atoms with Gasteiger partial charge in [-0.05, 0) is 45.3 Å². The van der Waals surface area contributed by atoms with Crippen LogP contribution < -0.4 is 0 Å². The highest BCUT2D eigenvalue weighted by Gasteiger charge is 2.61. The Hall–Kier alpha value is -0.604. The molecule has 0 N–H and O–H groups in total. The molecule has 0 radical (unpaired) electrons. The van der Waals surface area contributed by atoms with Crippen molar-refractivity contribution in [3.63, 3.8) is 0 Å². The Bertz CT molecular complexity index is 980. The Morgan fingerprint density at radius 3 is 0.435 bits per heavy atom. The first-order valence-corrected chi connectivity index (χ1v) is 24.1. The van der Waals surface area contributed by atoms with Crippen molar-refractivity contribution < 1.29 is 0 Å². The number of hydrogen-bond acceptors (Lipinski definition) is 0. The van der Waals surface area contributed by atoms with Crippen LogP contribution in [0.1, 0.15) is 187 Å². The molecule has 0 heterocycles. The second-order valence-corrected chi connectivity index (χ2v) is 42.5.